The van der Waals surface area contributed by atoms with Gasteiger partial charge in [0.25, 0.3) is 0 Å². The molecule has 6 nitrogen and oxygen atoms in total. The molecule has 6 heteroatoms. The molecule has 1 aromatic carbocycles. The third kappa shape index (κ3) is 4.96. The monoisotopic (exact) mass is 351 g/mol. The van der Waals surface area contributed by atoms with Crippen LogP contribution in [0.1, 0.15) is 49.2 Å². The lowest BCUT2D eigenvalue weighted by molar-refractivity contribution is -0.125. The molecule has 2 aromatic rings. The summed E-state index contributed by atoms with van der Waals surface area (Å²) in [4.78, 5) is 12.0. The molecule has 1 aromatic heterocycles. The van der Waals surface area contributed by atoms with Gasteiger partial charge in [-0.25, -0.2) is 5.43 Å². The molecule has 0 bridgehead atoms. The average molecular weight is 351 g/mol. The van der Waals surface area contributed by atoms with Crippen LogP contribution in [0.4, 0.5) is 0 Å². The first kappa shape index (κ1) is 17.7. The topological polar surface area (TPSA) is 87.6 Å². The number of furan rings is 1. The molecule has 0 radical (unpaired) electrons. The molecular formula is C20H21N3O3. The van der Waals surface area contributed by atoms with E-state index in [2.05, 4.69) is 16.6 Å². The second-order valence-corrected chi connectivity index (χ2v) is 6.30. The van der Waals surface area contributed by atoms with E-state index in [1.165, 1.54) is 12.6 Å². The van der Waals surface area contributed by atoms with Crippen LogP contribution >= 0.6 is 0 Å². The summed E-state index contributed by atoms with van der Waals surface area (Å²) in [6.07, 6.45) is 6.82. The van der Waals surface area contributed by atoms with Crippen LogP contribution in [-0.4, -0.2) is 12.1 Å². The Morgan fingerprint density at radius 2 is 2.00 bits per heavy atom. The van der Waals surface area contributed by atoms with Gasteiger partial charge in [-0.2, -0.15) is 10.4 Å². The molecule has 1 aliphatic rings. The van der Waals surface area contributed by atoms with Gasteiger partial charge in [0.05, 0.1) is 17.8 Å². The van der Waals surface area contributed by atoms with Gasteiger partial charge >= 0.3 is 0 Å². The van der Waals surface area contributed by atoms with Crippen molar-refractivity contribution >= 4 is 12.1 Å². The van der Waals surface area contributed by atoms with Crippen molar-refractivity contribution in [3.8, 4) is 11.8 Å². The zero-order valence-electron chi connectivity index (χ0n) is 14.5. The van der Waals surface area contributed by atoms with Crippen molar-refractivity contribution in [3.05, 3.63) is 53.5 Å². The maximum Gasteiger partial charge on any atom is 0.243 e. The summed E-state index contributed by atoms with van der Waals surface area (Å²) in [5.41, 5.74) is 3.18. The number of ether oxygens (including phenoxy) is 1. The van der Waals surface area contributed by atoms with E-state index in [9.17, 15) is 4.79 Å². The zero-order valence-corrected chi connectivity index (χ0v) is 14.5. The van der Waals surface area contributed by atoms with Crippen LogP contribution < -0.4 is 10.2 Å². The molecule has 1 fully saturated rings. The minimum absolute atomic E-state index is 0.0168. The summed E-state index contributed by atoms with van der Waals surface area (Å²) in [6, 6.07) is 12.5. The molecule has 0 atom stereocenters. The van der Waals surface area contributed by atoms with E-state index in [-0.39, 0.29) is 18.4 Å². The molecule has 1 heterocycles. The zero-order chi connectivity index (χ0) is 18.2. The van der Waals surface area contributed by atoms with Crippen molar-refractivity contribution in [2.24, 2.45) is 11.0 Å². The first-order chi connectivity index (χ1) is 12.7. The Labute approximate surface area is 152 Å². The van der Waals surface area contributed by atoms with E-state index in [0.717, 1.165) is 25.7 Å². The molecule has 1 N–H and O–H groups in total. The largest absolute Gasteiger partial charge is 0.486 e. The summed E-state index contributed by atoms with van der Waals surface area (Å²) >= 11 is 0. The van der Waals surface area contributed by atoms with Gasteiger partial charge in [0.15, 0.2) is 0 Å². The number of nitrogens with zero attached hydrogens (tertiary/aromatic N) is 2. The number of amides is 1. The second kappa shape index (κ2) is 8.86. The minimum Gasteiger partial charge on any atom is -0.486 e. The van der Waals surface area contributed by atoms with Crippen molar-refractivity contribution < 1.29 is 13.9 Å². The molecule has 3 rings (SSSR count). The molecule has 1 amide bonds. The standard InChI is InChI=1S/C20H21N3O3/c21-12-15-6-8-17(9-7-15)25-14-19-11-10-18(26-19)13-22-23-20(24)16-4-2-1-3-5-16/h6-11,13,16H,1-5,14H2,(H,23,24)/b22-13+. The Morgan fingerprint density at radius 1 is 1.23 bits per heavy atom. The van der Waals surface area contributed by atoms with Crippen LogP contribution in [-0.2, 0) is 11.4 Å². The SMILES string of the molecule is N#Cc1ccc(OCc2ccc(/C=N/NC(=O)C3CCCCC3)o2)cc1. The summed E-state index contributed by atoms with van der Waals surface area (Å²) < 4.78 is 11.2. The van der Waals surface area contributed by atoms with E-state index in [0.29, 0.717) is 22.8 Å². The van der Waals surface area contributed by atoms with Crippen LogP contribution in [0.3, 0.4) is 0 Å². The average Bonchev–Trinajstić information content (AvgIpc) is 3.15. The van der Waals surface area contributed by atoms with Crippen LogP contribution in [0, 0.1) is 17.2 Å². The molecule has 1 saturated carbocycles. The highest BCUT2D eigenvalue weighted by Crippen LogP contribution is 2.23. The molecule has 134 valence electrons. The van der Waals surface area contributed by atoms with Crippen molar-refractivity contribution in [2.75, 3.05) is 0 Å². The highest BCUT2D eigenvalue weighted by molar-refractivity contribution is 5.81. The Balaban J connectivity index is 1.46. The normalized spacial score (nSPS) is 14.9. The fourth-order valence-electron chi connectivity index (χ4n) is 2.94. The lowest BCUT2D eigenvalue weighted by Crippen LogP contribution is -2.28. The highest BCUT2D eigenvalue weighted by atomic mass is 16.5. The van der Waals surface area contributed by atoms with Crippen molar-refractivity contribution in [1.29, 1.82) is 5.26 Å². The van der Waals surface area contributed by atoms with Crippen LogP contribution in [0.15, 0.2) is 45.9 Å². The van der Waals surface area contributed by atoms with Gasteiger partial charge in [-0.1, -0.05) is 19.3 Å². The Morgan fingerprint density at radius 3 is 2.73 bits per heavy atom. The number of hydrazone groups is 1. The van der Waals surface area contributed by atoms with Gasteiger partial charge in [0.1, 0.15) is 23.9 Å². The Kier molecular flexibility index (Phi) is 6.05. The van der Waals surface area contributed by atoms with Crippen LogP contribution in [0.2, 0.25) is 0 Å². The molecular weight excluding hydrogens is 330 g/mol. The van der Waals surface area contributed by atoms with Gasteiger partial charge in [-0.3, -0.25) is 4.79 Å². The van der Waals surface area contributed by atoms with Crippen molar-refractivity contribution in [1.82, 2.24) is 5.43 Å². The number of nitriles is 1. The predicted molar refractivity (Wildman–Crippen MR) is 96.5 cm³/mol. The van der Waals surface area contributed by atoms with Gasteiger partial charge in [0.2, 0.25) is 5.91 Å². The molecule has 1 aliphatic carbocycles. The van der Waals surface area contributed by atoms with Crippen LogP contribution in [0.5, 0.6) is 5.75 Å². The molecule has 0 saturated heterocycles. The lowest BCUT2D eigenvalue weighted by Gasteiger charge is -2.19. The van der Waals surface area contributed by atoms with E-state index in [1.54, 1.807) is 36.4 Å². The van der Waals surface area contributed by atoms with E-state index in [1.807, 2.05) is 0 Å². The smallest absolute Gasteiger partial charge is 0.243 e. The highest BCUT2D eigenvalue weighted by Gasteiger charge is 2.20. The maximum atomic E-state index is 12.0. The number of carbonyl (C=O) groups excluding carboxylic acids is 1. The number of carbonyl (C=O) groups is 1. The second-order valence-electron chi connectivity index (χ2n) is 6.30. The van der Waals surface area contributed by atoms with Gasteiger partial charge in [-0.05, 0) is 49.2 Å². The maximum absolute atomic E-state index is 12.0. The van der Waals surface area contributed by atoms with Gasteiger partial charge in [-0.15, -0.1) is 0 Å². The van der Waals surface area contributed by atoms with Gasteiger partial charge < -0.3 is 9.15 Å². The van der Waals surface area contributed by atoms with Gasteiger partial charge in [0, 0.05) is 5.92 Å². The summed E-state index contributed by atoms with van der Waals surface area (Å²) in [6.45, 7) is 0.272. The van der Waals surface area contributed by atoms with Crippen molar-refractivity contribution in [2.45, 2.75) is 38.7 Å². The summed E-state index contributed by atoms with van der Waals surface area (Å²) in [7, 11) is 0. The predicted octanol–water partition coefficient (Wildman–Crippen LogP) is 3.76. The number of benzene rings is 1. The lowest BCUT2D eigenvalue weighted by atomic mass is 9.89. The quantitative estimate of drug-likeness (QED) is 0.634. The third-order valence-electron chi connectivity index (χ3n) is 4.39. The summed E-state index contributed by atoms with van der Waals surface area (Å²) in [5, 5.41) is 12.8. The Hall–Kier alpha value is -3.07. The number of hydrogen-bond acceptors (Lipinski definition) is 5. The summed E-state index contributed by atoms with van der Waals surface area (Å²) in [5.74, 6) is 1.92. The first-order valence-corrected chi connectivity index (χ1v) is 8.79. The molecule has 0 aliphatic heterocycles. The minimum atomic E-state index is -0.0168. The molecule has 0 spiro atoms. The number of rotatable bonds is 6. The molecule has 26 heavy (non-hydrogen) atoms. The fourth-order valence-corrected chi connectivity index (χ4v) is 2.94. The number of hydrogen-bond donors (Lipinski definition) is 1. The van der Waals surface area contributed by atoms with E-state index in [4.69, 9.17) is 14.4 Å². The Bertz CT molecular complexity index is 796. The van der Waals surface area contributed by atoms with Crippen molar-refractivity contribution in [3.63, 3.8) is 0 Å². The fraction of sp³-hybridized carbons (Fsp3) is 0.350. The van der Waals surface area contributed by atoms with E-state index < -0.39 is 0 Å². The van der Waals surface area contributed by atoms with Crippen LogP contribution in [0.25, 0.3) is 0 Å². The van der Waals surface area contributed by atoms with E-state index >= 15 is 0 Å². The third-order valence-corrected chi connectivity index (χ3v) is 4.39. The number of nitrogens with one attached hydrogen (secondary N) is 1. The molecule has 0 unspecified atom stereocenters. The first-order valence-electron chi connectivity index (χ1n) is 8.79.